The summed E-state index contributed by atoms with van der Waals surface area (Å²) in [6.07, 6.45) is 3.39. The van der Waals surface area contributed by atoms with Crippen LogP contribution in [0.5, 0.6) is 0 Å². The quantitative estimate of drug-likeness (QED) is 0.893. The second-order valence-electron chi connectivity index (χ2n) is 4.80. The van der Waals surface area contributed by atoms with Crippen LogP contribution in [0.3, 0.4) is 0 Å². The van der Waals surface area contributed by atoms with Crippen LogP contribution in [0.4, 0.5) is 0 Å². The van der Waals surface area contributed by atoms with Crippen LogP contribution in [0, 0.1) is 0 Å². The van der Waals surface area contributed by atoms with Crippen LogP contribution in [0.2, 0.25) is 0 Å². The van der Waals surface area contributed by atoms with E-state index in [1.165, 1.54) is 11.3 Å². The Balaban J connectivity index is 0.00000121. The molecule has 3 rings (SSSR count). The molecule has 1 aliphatic rings. The van der Waals surface area contributed by atoms with Gasteiger partial charge in [-0.25, -0.2) is 4.98 Å². The third-order valence-electron chi connectivity index (χ3n) is 3.36. The minimum atomic E-state index is 0. The third kappa shape index (κ3) is 3.95. The monoisotopic (exact) mass is 360 g/mol. The number of aromatic nitrogens is 2. The van der Waals surface area contributed by atoms with Crippen LogP contribution in [0.15, 0.2) is 30.6 Å². The maximum Gasteiger partial charge on any atom is 0.265 e. The first kappa shape index (κ1) is 18.8. The molecule has 2 aromatic heterocycles. The first-order valence-electron chi connectivity index (χ1n) is 6.64. The van der Waals surface area contributed by atoms with Crippen LogP contribution in [-0.4, -0.2) is 46.5 Å². The molecule has 120 valence electrons. The average molecular weight is 361 g/mol. The molecule has 1 atom stereocenters. The Kier molecular flexibility index (Phi) is 7.22. The van der Waals surface area contributed by atoms with E-state index < -0.39 is 0 Å². The fourth-order valence-corrected chi connectivity index (χ4v) is 3.11. The Morgan fingerprint density at radius 2 is 2.18 bits per heavy atom. The van der Waals surface area contributed by atoms with E-state index in [0.29, 0.717) is 4.88 Å². The molecule has 8 heteroatoms. The largest absolute Gasteiger partial charge is 0.333 e. The van der Waals surface area contributed by atoms with Gasteiger partial charge in [-0.15, -0.1) is 36.2 Å². The molecule has 0 radical (unpaired) electrons. The molecule has 0 aromatic carbocycles. The van der Waals surface area contributed by atoms with Crippen LogP contribution >= 0.6 is 36.2 Å². The summed E-state index contributed by atoms with van der Waals surface area (Å²) >= 11 is 1.40. The minimum absolute atomic E-state index is 0. The van der Waals surface area contributed by atoms with Gasteiger partial charge in [0.05, 0.1) is 11.9 Å². The molecule has 1 saturated heterocycles. The molecular weight excluding hydrogens is 343 g/mol. The Morgan fingerprint density at radius 1 is 1.36 bits per heavy atom. The van der Waals surface area contributed by atoms with Gasteiger partial charge < -0.3 is 10.2 Å². The van der Waals surface area contributed by atoms with Crippen molar-refractivity contribution in [2.75, 3.05) is 19.6 Å². The van der Waals surface area contributed by atoms with E-state index in [1.54, 1.807) is 12.4 Å². The number of hydrogen-bond donors (Lipinski definition) is 1. The lowest BCUT2D eigenvalue weighted by Gasteiger charge is -2.33. The summed E-state index contributed by atoms with van der Waals surface area (Å²) in [4.78, 5) is 23.7. The SMILES string of the molecule is C[C@H]1CNCCN1C(=O)c1cnc(-c2ccccn2)s1.Cl.Cl. The lowest BCUT2D eigenvalue weighted by atomic mass is 10.2. The highest BCUT2D eigenvalue weighted by Gasteiger charge is 2.25. The van der Waals surface area contributed by atoms with E-state index in [2.05, 4.69) is 22.2 Å². The Morgan fingerprint density at radius 3 is 2.86 bits per heavy atom. The van der Waals surface area contributed by atoms with Crippen LogP contribution in [0.25, 0.3) is 10.7 Å². The molecule has 0 bridgehead atoms. The Labute approximate surface area is 146 Å². The van der Waals surface area contributed by atoms with Gasteiger partial charge in [0.15, 0.2) is 0 Å². The van der Waals surface area contributed by atoms with E-state index in [4.69, 9.17) is 0 Å². The molecule has 0 spiro atoms. The molecule has 0 unspecified atom stereocenters. The Hall–Kier alpha value is -1.21. The number of thiazole rings is 1. The number of nitrogens with zero attached hydrogens (tertiary/aromatic N) is 3. The first-order chi connectivity index (χ1) is 9.75. The van der Waals surface area contributed by atoms with Crippen molar-refractivity contribution in [2.45, 2.75) is 13.0 Å². The summed E-state index contributed by atoms with van der Waals surface area (Å²) in [7, 11) is 0. The fourth-order valence-electron chi connectivity index (χ4n) is 2.26. The van der Waals surface area contributed by atoms with Crippen molar-refractivity contribution in [1.82, 2.24) is 20.2 Å². The van der Waals surface area contributed by atoms with E-state index in [9.17, 15) is 4.79 Å². The van der Waals surface area contributed by atoms with Crippen molar-refractivity contribution in [1.29, 1.82) is 0 Å². The molecule has 1 amide bonds. The van der Waals surface area contributed by atoms with Crippen molar-refractivity contribution >= 4 is 42.1 Å². The van der Waals surface area contributed by atoms with Gasteiger partial charge in [-0.05, 0) is 19.1 Å². The number of rotatable bonds is 2. The van der Waals surface area contributed by atoms with E-state index in [-0.39, 0.29) is 36.8 Å². The smallest absolute Gasteiger partial charge is 0.265 e. The highest BCUT2D eigenvalue weighted by atomic mass is 35.5. The van der Waals surface area contributed by atoms with Gasteiger partial charge in [0.1, 0.15) is 9.88 Å². The highest BCUT2D eigenvalue weighted by molar-refractivity contribution is 7.16. The van der Waals surface area contributed by atoms with Crippen LogP contribution in [0.1, 0.15) is 16.6 Å². The van der Waals surface area contributed by atoms with Crippen molar-refractivity contribution < 1.29 is 4.79 Å². The number of pyridine rings is 1. The van der Waals surface area contributed by atoms with Gasteiger partial charge in [-0.3, -0.25) is 9.78 Å². The number of halogens is 2. The van der Waals surface area contributed by atoms with Crippen LogP contribution in [-0.2, 0) is 0 Å². The predicted octanol–water partition coefficient (Wildman–Crippen LogP) is 2.48. The van der Waals surface area contributed by atoms with Gasteiger partial charge in [0.25, 0.3) is 5.91 Å². The third-order valence-corrected chi connectivity index (χ3v) is 4.37. The highest BCUT2D eigenvalue weighted by Crippen LogP contribution is 2.24. The maximum atomic E-state index is 12.5. The second-order valence-corrected chi connectivity index (χ2v) is 5.83. The lowest BCUT2D eigenvalue weighted by Crippen LogP contribution is -2.52. The minimum Gasteiger partial charge on any atom is -0.333 e. The maximum absolute atomic E-state index is 12.5. The number of hydrogen-bond acceptors (Lipinski definition) is 5. The zero-order chi connectivity index (χ0) is 13.9. The summed E-state index contributed by atoms with van der Waals surface area (Å²) in [5, 5.41) is 4.07. The number of carbonyl (C=O) groups is 1. The van der Waals surface area contributed by atoms with Gasteiger partial charge in [-0.2, -0.15) is 0 Å². The first-order valence-corrected chi connectivity index (χ1v) is 7.46. The molecule has 0 saturated carbocycles. The average Bonchev–Trinajstić information content (AvgIpc) is 2.98. The standard InChI is InChI=1S/C14H16N4OS.2ClH/c1-10-8-15-6-7-18(10)14(19)12-9-17-13(20-12)11-4-2-3-5-16-11;;/h2-5,9-10,15H,6-8H2,1H3;2*1H/t10-;;/m0../s1. The zero-order valence-electron chi connectivity index (χ0n) is 12.1. The second kappa shape index (κ2) is 8.43. The number of amides is 1. The van der Waals surface area contributed by atoms with Gasteiger partial charge in [0, 0.05) is 31.9 Å². The number of piperazine rings is 1. The van der Waals surface area contributed by atoms with Crippen molar-refractivity contribution in [3.8, 4) is 10.7 Å². The van der Waals surface area contributed by atoms with Gasteiger partial charge in [0.2, 0.25) is 0 Å². The predicted molar refractivity (Wildman–Crippen MR) is 93.2 cm³/mol. The molecule has 5 nitrogen and oxygen atoms in total. The summed E-state index contributed by atoms with van der Waals surface area (Å²) in [5.41, 5.74) is 0.810. The molecule has 1 fully saturated rings. The van der Waals surface area contributed by atoms with Crippen molar-refractivity contribution in [3.05, 3.63) is 35.5 Å². The van der Waals surface area contributed by atoms with E-state index in [1.807, 2.05) is 23.1 Å². The number of nitrogens with one attached hydrogen (secondary N) is 1. The summed E-state index contributed by atoms with van der Waals surface area (Å²) in [6.45, 7) is 4.50. The Bertz CT molecular complexity index is 608. The molecule has 2 aromatic rings. The number of carbonyl (C=O) groups excluding carboxylic acids is 1. The summed E-state index contributed by atoms with van der Waals surface area (Å²) < 4.78 is 0. The van der Waals surface area contributed by atoms with Gasteiger partial charge in [-0.1, -0.05) is 6.07 Å². The molecule has 1 N–H and O–H groups in total. The fraction of sp³-hybridized carbons (Fsp3) is 0.357. The molecule has 1 aliphatic heterocycles. The van der Waals surface area contributed by atoms with Crippen molar-refractivity contribution in [3.63, 3.8) is 0 Å². The molecule has 0 aliphatic carbocycles. The zero-order valence-corrected chi connectivity index (χ0v) is 14.5. The van der Waals surface area contributed by atoms with E-state index in [0.717, 1.165) is 30.3 Å². The molecule has 22 heavy (non-hydrogen) atoms. The molecule has 3 heterocycles. The summed E-state index contributed by atoms with van der Waals surface area (Å²) in [5.74, 6) is 0.0682. The molecular formula is C14H18Cl2N4OS. The summed E-state index contributed by atoms with van der Waals surface area (Å²) in [6, 6.07) is 5.91. The van der Waals surface area contributed by atoms with Gasteiger partial charge >= 0.3 is 0 Å². The van der Waals surface area contributed by atoms with Crippen LogP contribution < -0.4 is 5.32 Å². The van der Waals surface area contributed by atoms with Crippen molar-refractivity contribution in [2.24, 2.45) is 0 Å². The van der Waals surface area contributed by atoms with E-state index >= 15 is 0 Å². The normalized spacial score (nSPS) is 17.3. The topological polar surface area (TPSA) is 58.1 Å². The lowest BCUT2D eigenvalue weighted by molar-refractivity contribution is 0.0660.